The van der Waals surface area contributed by atoms with E-state index in [1.165, 1.54) is 6.92 Å². The van der Waals surface area contributed by atoms with Crippen molar-refractivity contribution < 1.29 is 4.79 Å². The van der Waals surface area contributed by atoms with E-state index in [4.69, 9.17) is 4.99 Å². The van der Waals surface area contributed by atoms with Gasteiger partial charge in [0.1, 0.15) is 0 Å². The molecule has 0 radical (unpaired) electrons. The normalized spacial score (nSPS) is 17.5. The molecule has 0 heterocycles. The van der Waals surface area contributed by atoms with E-state index in [2.05, 4.69) is 10.3 Å². The minimum Gasteiger partial charge on any atom is -0.324 e. The average molecular weight is 281 g/mol. The second-order valence-corrected chi connectivity index (χ2v) is 4.73. The molecule has 0 saturated heterocycles. The first kappa shape index (κ1) is 14.9. The van der Waals surface area contributed by atoms with Crippen LogP contribution in [0.5, 0.6) is 0 Å². The van der Waals surface area contributed by atoms with E-state index in [-0.39, 0.29) is 5.91 Å². The van der Waals surface area contributed by atoms with Crippen LogP contribution in [0.15, 0.2) is 52.5 Å². The number of para-hydroxylation sites is 1. The van der Waals surface area contributed by atoms with E-state index in [9.17, 15) is 4.79 Å². The average Bonchev–Trinajstić information content (AvgIpc) is 2.44. The molecule has 0 unspecified atom stereocenters. The second kappa shape index (κ2) is 6.79. The maximum Gasteiger partial charge on any atom is 0.221 e. The number of carbonyl (C=O) groups is 1. The van der Waals surface area contributed by atoms with Gasteiger partial charge in [0.25, 0.3) is 0 Å². The molecule has 0 atom stereocenters. The predicted octanol–water partition coefficient (Wildman–Crippen LogP) is 3.61. The fourth-order valence-electron chi connectivity index (χ4n) is 2.08. The van der Waals surface area contributed by atoms with Crippen molar-refractivity contribution in [1.82, 2.24) is 0 Å². The van der Waals surface area contributed by atoms with Crippen LogP contribution in [0.3, 0.4) is 0 Å². The lowest BCUT2D eigenvalue weighted by Gasteiger charge is -2.11. The zero-order valence-electron chi connectivity index (χ0n) is 12.6. The summed E-state index contributed by atoms with van der Waals surface area (Å²) in [7, 11) is 0. The van der Waals surface area contributed by atoms with Crippen LogP contribution in [0, 0.1) is 6.92 Å². The lowest BCUT2D eigenvalue weighted by Crippen LogP contribution is -2.12. The number of hydrogen-bond acceptors (Lipinski definition) is 3. The second-order valence-electron chi connectivity index (χ2n) is 4.73. The van der Waals surface area contributed by atoms with Crippen molar-refractivity contribution in [2.24, 2.45) is 9.98 Å². The first-order chi connectivity index (χ1) is 10.1. The molecule has 4 heteroatoms. The van der Waals surface area contributed by atoms with Crippen LogP contribution >= 0.6 is 0 Å². The van der Waals surface area contributed by atoms with E-state index >= 15 is 0 Å². The third-order valence-corrected chi connectivity index (χ3v) is 2.99. The molecule has 0 bridgehead atoms. The Hall–Kier alpha value is -2.49. The van der Waals surface area contributed by atoms with Crippen LogP contribution in [0.25, 0.3) is 0 Å². The number of allylic oxidation sites excluding steroid dienone is 4. The van der Waals surface area contributed by atoms with Gasteiger partial charge in [-0.1, -0.05) is 24.3 Å². The van der Waals surface area contributed by atoms with Gasteiger partial charge < -0.3 is 5.32 Å². The maximum atomic E-state index is 11.3. The highest BCUT2D eigenvalue weighted by Crippen LogP contribution is 2.29. The molecule has 4 nitrogen and oxygen atoms in total. The quantitative estimate of drug-likeness (QED) is 0.845. The van der Waals surface area contributed by atoms with Crippen LogP contribution in [-0.2, 0) is 4.79 Å². The van der Waals surface area contributed by atoms with Gasteiger partial charge in [0.05, 0.1) is 22.8 Å². The van der Waals surface area contributed by atoms with E-state index in [1.807, 2.05) is 56.4 Å². The Morgan fingerprint density at radius 3 is 2.57 bits per heavy atom. The first-order valence-corrected chi connectivity index (χ1v) is 6.97. The number of benzene rings is 1. The third kappa shape index (κ3) is 3.75. The van der Waals surface area contributed by atoms with Crippen molar-refractivity contribution >= 4 is 28.7 Å². The minimum absolute atomic E-state index is 0.108. The fourth-order valence-corrected chi connectivity index (χ4v) is 2.08. The fraction of sp³-hybridized carbons (Fsp3) is 0.235. The Labute approximate surface area is 125 Å². The maximum absolute atomic E-state index is 11.3. The summed E-state index contributed by atoms with van der Waals surface area (Å²) in [6.07, 6.45) is 7.75. The summed E-state index contributed by atoms with van der Waals surface area (Å²) in [5.74, 6) is -0.108. The Bertz CT molecular complexity index is 667. The van der Waals surface area contributed by atoms with Crippen molar-refractivity contribution in [3.05, 3.63) is 48.1 Å². The summed E-state index contributed by atoms with van der Waals surface area (Å²) < 4.78 is 0. The van der Waals surface area contributed by atoms with Crippen molar-refractivity contribution in [1.29, 1.82) is 0 Å². The number of nitrogens with zero attached hydrogens (tertiary/aromatic N) is 2. The van der Waals surface area contributed by atoms with Gasteiger partial charge in [-0.2, -0.15) is 0 Å². The molecule has 0 spiro atoms. The number of amides is 1. The zero-order valence-corrected chi connectivity index (χ0v) is 12.6. The number of aryl methyl sites for hydroxylation is 1. The molecule has 1 aromatic rings. The molecule has 1 aliphatic rings. The van der Waals surface area contributed by atoms with E-state index in [1.54, 1.807) is 0 Å². The van der Waals surface area contributed by atoms with Gasteiger partial charge in [0, 0.05) is 13.5 Å². The van der Waals surface area contributed by atoms with Crippen molar-refractivity contribution in [2.75, 3.05) is 11.9 Å². The number of nitrogens with one attached hydrogen (secondary N) is 1. The number of aliphatic imine (C=N–C) groups is 2. The topological polar surface area (TPSA) is 53.8 Å². The molecule has 0 aromatic heterocycles. The number of carbonyl (C=O) groups excluding carboxylic acids is 1. The molecule has 1 aliphatic carbocycles. The molecule has 1 N–H and O–H groups in total. The Balaban J connectivity index is 2.48. The Morgan fingerprint density at radius 1 is 1.19 bits per heavy atom. The SMILES string of the molecule is CC/N=C1\C=CC=C\C1=N\c1c(C)cccc1NC(C)=O. The molecular weight excluding hydrogens is 262 g/mol. The summed E-state index contributed by atoms with van der Waals surface area (Å²) in [6.45, 7) is 6.17. The van der Waals surface area contributed by atoms with E-state index in [0.717, 1.165) is 22.7 Å². The summed E-state index contributed by atoms with van der Waals surface area (Å²) in [6, 6.07) is 5.73. The summed E-state index contributed by atoms with van der Waals surface area (Å²) in [5.41, 5.74) is 4.16. The monoisotopic (exact) mass is 281 g/mol. The van der Waals surface area contributed by atoms with Gasteiger partial charge in [-0.05, 0) is 37.6 Å². The zero-order chi connectivity index (χ0) is 15.2. The molecular formula is C17H19N3O. The molecule has 0 saturated carbocycles. The minimum atomic E-state index is -0.108. The summed E-state index contributed by atoms with van der Waals surface area (Å²) >= 11 is 0. The van der Waals surface area contributed by atoms with Crippen molar-refractivity contribution in [3.8, 4) is 0 Å². The van der Waals surface area contributed by atoms with Gasteiger partial charge in [0.15, 0.2) is 0 Å². The predicted molar refractivity (Wildman–Crippen MR) is 88.8 cm³/mol. The molecule has 0 fully saturated rings. The molecule has 108 valence electrons. The molecule has 2 rings (SSSR count). The number of rotatable bonds is 3. The van der Waals surface area contributed by atoms with Gasteiger partial charge in [0.2, 0.25) is 5.91 Å². The highest BCUT2D eigenvalue weighted by molar-refractivity contribution is 6.51. The van der Waals surface area contributed by atoms with Crippen molar-refractivity contribution in [3.63, 3.8) is 0 Å². The smallest absolute Gasteiger partial charge is 0.221 e. The highest BCUT2D eigenvalue weighted by atomic mass is 16.1. The number of anilines is 1. The van der Waals surface area contributed by atoms with Crippen molar-refractivity contribution in [2.45, 2.75) is 20.8 Å². The standard InChI is InChI=1S/C17H19N3O/c1-4-18-14-9-5-6-10-15(14)20-17-12(2)8-7-11-16(17)19-13(3)21/h5-11H,4H2,1-3H3,(H,19,21)/b18-14+,20-15-. The van der Waals surface area contributed by atoms with Gasteiger partial charge in [-0.25, -0.2) is 4.99 Å². The third-order valence-electron chi connectivity index (χ3n) is 2.99. The van der Waals surface area contributed by atoms with Crippen LogP contribution in [-0.4, -0.2) is 23.9 Å². The molecule has 1 amide bonds. The molecule has 1 aromatic carbocycles. The van der Waals surface area contributed by atoms with Gasteiger partial charge in [-0.3, -0.25) is 9.79 Å². The van der Waals surface area contributed by atoms with E-state index < -0.39 is 0 Å². The van der Waals surface area contributed by atoms with Gasteiger partial charge in [-0.15, -0.1) is 0 Å². The van der Waals surface area contributed by atoms with Gasteiger partial charge >= 0.3 is 0 Å². The summed E-state index contributed by atoms with van der Waals surface area (Å²) in [4.78, 5) is 20.5. The lowest BCUT2D eigenvalue weighted by atomic mass is 10.1. The summed E-state index contributed by atoms with van der Waals surface area (Å²) in [5, 5.41) is 2.82. The Kier molecular flexibility index (Phi) is 4.82. The highest BCUT2D eigenvalue weighted by Gasteiger charge is 2.10. The van der Waals surface area contributed by atoms with Crippen LogP contribution < -0.4 is 5.32 Å². The first-order valence-electron chi connectivity index (χ1n) is 6.97. The van der Waals surface area contributed by atoms with Crippen LogP contribution in [0.2, 0.25) is 0 Å². The lowest BCUT2D eigenvalue weighted by molar-refractivity contribution is -0.114. The largest absolute Gasteiger partial charge is 0.324 e. The van der Waals surface area contributed by atoms with Crippen LogP contribution in [0.1, 0.15) is 19.4 Å². The van der Waals surface area contributed by atoms with Crippen LogP contribution in [0.4, 0.5) is 11.4 Å². The molecule has 21 heavy (non-hydrogen) atoms. The number of hydrogen-bond donors (Lipinski definition) is 1. The molecule has 0 aliphatic heterocycles. The van der Waals surface area contributed by atoms with E-state index in [0.29, 0.717) is 12.2 Å². The Morgan fingerprint density at radius 2 is 1.90 bits per heavy atom.